The van der Waals surface area contributed by atoms with Crippen molar-refractivity contribution in [2.45, 2.75) is 11.7 Å². The van der Waals surface area contributed by atoms with E-state index in [1.165, 1.54) is 0 Å². The smallest absolute Gasteiger partial charge is 0.286 e. The molecule has 0 aromatic heterocycles. The van der Waals surface area contributed by atoms with Crippen molar-refractivity contribution in [3.63, 3.8) is 0 Å². The Morgan fingerprint density at radius 2 is 1.77 bits per heavy atom. The highest BCUT2D eigenvalue weighted by atomic mass is 35.5. The van der Waals surface area contributed by atoms with E-state index >= 15 is 0 Å². The molecule has 2 aliphatic rings. The van der Waals surface area contributed by atoms with Gasteiger partial charge in [0, 0.05) is 10.7 Å². The van der Waals surface area contributed by atoms with Gasteiger partial charge in [-0.15, -0.1) is 0 Å². The predicted molar refractivity (Wildman–Crippen MR) is 136 cm³/mol. The summed E-state index contributed by atoms with van der Waals surface area (Å²) in [6.07, 6.45) is 0.474. The molecule has 5 rings (SSSR count). The number of nitrogens with one attached hydrogen (secondary N) is 1. The summed E-state index contributed by atoms with van der Waals surface area (Å²) in [7, 11) is 0. The number of fused-ring (bicyclic) bond motifs is 1. The van der Waals surface area contributed by atoms with Gasteiger partial charge in [-0.3, -0.25) is 19.7 Å². The van der Waals surface area contributed by atoms with Gasteiger partial charge < -0.3 is 14.5 Å². The number of para-hydroxylation sites is 1. The molecule has 9 heteroatoms. The van der Waals surface area contributed by atoms with Crippen LogP contribution in [0.4, 0.5) is 16.2 Å². The fourth-order valence-electron chi connectivity index (χ4n) is 4.13. The van der Waals surface area contributed by atoms with E-state index in [1.807, 2.05) is 60.7 Å². The summed E-state index contributed by atoms with van der Waals surface area (Å²) < 4.78 is 5.90. The van der Waals surface area contributed by atoms with E-state index in [9.17, 15) is 14.4 Å². The van der Waals surface area contributed by atoms with Crippen molar-refractivity contribution in [3.05, 3.63) is 88.9 Å². The van der Waals surface area contributed by atoms with Crippen LogP contribution in [0.5, 0.6) is 5.75 Å². The number of hydrogen-bond donors (Lipinski definition) is 1. The summed E-state index contributed by atoms with van der Waals surface area (Å²) >= 11 is 7.21. The molecule has 0 spiro atoms. The summed E-state index contributed by atoms with van der Waals surface area (Å²) in [5, 5.41) is 2.11. The summed E-state index contributed by atoms with van der Waals surface area (Å²) in [4.78, 5) is 40.1. The maximum absolute atomic E-state index is 13.2. The van der Waals surface area contributed by atoms with Crippen molar-refractivity contribution in [2.75, 3.05) is 24.7 Å². The first-order chi connectivity index (χ1) is 17.0. The Morgan fingerprint density at radius 3 is 2.49 bits per heavy atom. The van der Waals surface area contributed by atoms with E-state index in [2.05, 4.69) is 10.2 Å². The van der Waals surface area contributed by atoms with Crippen LogP contribution in [0, 0.1) is 0 Å². The standard InChI is InChI=1S/C26H22ClN3O4S/c27-18-8-11-22-21(15-18)25(32)29(16-30(22)19-4-2-1-3-5-19)12-13-34-20-9-6-17(7-10-20)14-23-24(31)28-26(33)35-23/h1-11,15,23H,12-14,16H2,(H,28,31,33). The number of hydrogen-bond acceptors (Lipinski definition) is 6. The quantitative estimate of drug-likeness (QED) is 0.492. The number of halogens is 1. The molecule has 1 atom stereocenters. The Balaban J connectivity index is 1.23. The molecule has 2 aliphatic heterocycles. The molecular weight excluding hydrogens is 486 g/mol. The third-order valence-electron chi connectivity index (χ3n) is 5.89. The van der Waals surface area contributed by atoms with Gasteiger partial charge in [0.1, 0.15) is 12.4 Å². The lowest BCUT2D eigenvalue weighted by molar-refractivity contribution is -0.118. The molecule has 1 N–H and O–H groups in total. The number of thioether (sulfide) groups is 1. The number of ether oxygens (including phenoxy) is 1. The second-order valence-corrected chi connectivity index (χ2v) is 9.83. The molecule has 178 valence electrons. The first kappa shape index (κ1) is 23.3. The van der Waals surface area contributed by atoms with Crippen LogP contribution in [0.2, 0.25) is 5.02 Å². The Kier molecular flexibility index (Phi) is 6.66. The van der Waals surface area contributed by atoms with Gasteiger partial charge in [0.25, 0.3) is 11.1 Å². The minimum absolute atomic E-state index is 0.0875. The molecule has 3 aromatic rings. The zero-order chi connectivity index (χ0) is 24.4. The van der Waals surface area contributed by atoms with E-state index in [4.69, 9.17) is 16.3 Å². The van der Waals surface area contributed by atoms with Gasteiger partial charge in [0.2, 0.25) is 5.91 Å². The number of carbonyl (C=O) groups is 3. The normalized spacial score (nSPS) is 17.4. The topological polar surface area (TPSA) is 79.0 Å². The minimum Gasteiger partial charge on any atom is -0.492 e. The van der Waals surface area contributed by atoms with Gasteiger partial charge in [-0.25, -0.2) is 0 Å². The van der Waals surface area contributed by atoms with Crippen molar-refractivity contribution in [3.8, 4) is 5.75 Å². The van der Waals surface area contributed by atoms with Gasteiger partial charge in [-0.05, 0) is 54.4 Å². The van der Waals surface area contributed by atoms with Crippen molar-refractivity contribution < 1.29 is 19.1 Å². The van der Waals surface area contributed by atoms with Gasteiger partial charge in [0.05, 0.1) is 29.7 Å². The third kappa shape index (κ3) is 5.13. The van der Waals surface area contributed by atoms with Crippen LogP contribution in [0.15, 0.2) is 72.8 Å². The lowest BCUT2D eigenvalue weighted by Gasteiger charge is -2.38. The number of nitrogens with zero attached hydrogens (tertiary/aromatic N) is 2. The molecule has 2 heterocycles. The summed E-state index contributed by atoms with van der Waals surface area (Å²) in [5.74, 6) is 0.329. The second kappa shape index (κ2) is 10.0. The zero-order valence-corrected chi connectivity index (χ0v) is 20.2. The molecule has 0 aliphatic carbocycles. The molecule has 3 amide bonds. The number of benzene rings is 3. The largest absolute Gasteiger partial charge is 0.492 e. The molecule has 0 radical (unpaired) electrons. The van der Waals surface area contributed by atoms with E-state index in [-0.39, 0.29) is 17.1 Å². The van der Waals surface area contributed by atoms with Gasteiger partial charge >= 0.3 is 0 Å². The average molecular weight is 508 g/mol. The van der Waals surface area contributed by atoms with Crippen molar-refractivity contribution in [1.82, 2.24) is 10.2 Å². The Bertz CT molecular complexity index is 1270. The Morgan fingerprint density at radius 1 is 1.00 bits per heavy atom. The monoisotopic (exact) mass is 507 g/mol. The molecule has 0 bridgehead atoms. The van der Waals surface area contributed by atoms with Crippen LogP contribution < -0.4 is 15.0 Å². The first-order valence-electron chi connectivity index (χ1n) is 11.1. The number of rotatable bonds is 7. The molecule has 35 heavy (non-hydrogen) atoms. The highest BCUT2D eigenvalue weighted by Crippen LogP contribution is 2.35. The van der Waals surface area contributed by atoms with Crippen molar-refractivity contribution in [2.24, 2.45) is 0 Å². The van der Waals surface area contributed by atoms with Crippen LogP contribution >= 0.6 is 23.4 Å². The number of carbonyl (C=O) groups excluding carboxylic acids is 3. The highest BCUT2D eigenvalue weighted by Gasteiger charge is 2.32. The van der Waals surface area contributed by atoms with Gasteiger partial charge in [-0.2, -0.15) is 0 Å². The lowest BCUT2D eigenvalue weighted by atomic mass is 10.1. The number of anilines is 2. The van der Waals surface area contributed by atoms with Crippen LogP contribution in [0.3, 0.4) is 0 Å². The molecule has 1 unspecified atom stereocenters. The number of amides is 3. The van der Waals surface area contributed by atoms with Crippen LogP contribution in [0.25, 0.3) is 0 Å². The van der Waals surface area contributed by atoms with E-state index in [0.29, 0.717) is 42.6 Å². The summed E-state index contributed by atoms with van der Waals surface area (Å²) in [5.41, 5.74) is 3.32. The molecular formula is C26H22ClN3O4S. The molecule has 1 fully saturated rings. The van der Waals surface area contributed by atoms with Gasteiger partial charge in [-0.1, -0.05) is 53.7 Å². The average Bonchev–Trinajstić information content (AvgIpc) is 3.18. The van der Waals surface area contributed by atoms with E-state index in [0.717, 1.165) is 28.7 Å². The maximum atomic E-state index is 13.2. The van der Waals surface area contributed by atoms with Crippen LogP contribution in [-0.4, -0.2) is 47.0 Å². The molecule has 0 saturated carbocycles. The fraction of sp³-hybridized carbons (Fsp3) is 0.192. The third-order valence-corrected chi connectivity index (χ3v) is 7.10. The zero-order valence-electron chi connectivity index (χ0n) is 18.6. The Labute approximate surface area is 212 Å². The molecule has 7 nitrogen and oxygen atoms in total. The van der Waals surface area contributed by atoms with E-state index < -0.39 is 5.25 Å². The van der Waals surface area contributed by atoms with Crippen LogP contribution in [0.1, 0.15) is 15.9 Å². The fourth-order valence-corrected chi connectivity index (χ4v) is 5.17. The highest BCUT2D eigenvalue weighted by molar-refractivity contribution is 8.15. The SMILES string of the molecule is O=C1NC(=O)C(Cc2ccc(OCCN3CN(c4ccccc4)c4ccc(Cl)cc4C3=O)cc2)S1. The summed E-state index contributed by atoms with van der Waals surface area (Å²) in [6, 6.07) is 22.7. The molecule has 3 aromatic carbocycles. The second-order valence-electron chi connectivity index (χ2n) is 8.21. The van der Waals surface area contributed by atoms with E-state index in [1.54, 1.807) is 17.0 Å². The predicted octanol–water partition coefficient (Wildman–Crippen LogP) is 4.86. The van der Waals surface area contributed by atoms with Gasteiger partial charge in [0.15, 0.2) is 0 Å². The van der Waals surface area contributed by atoms with Crippen molar-refractivity contribution in [1.29, 1.82) is 0 Å². The molecule has 1 saturated heterocycles. The Hall–Kier alpha value is -3.49. The minimum atomic E-state index is -0.400. The lowest BCUT2D eigenvalue weighted by Crippen LogP contribution is -2.46. The maximum Gasteiger partial charge on any atom is 0.286 e. The van der Waals surface area contributed by atoms with Crippen LogP contribution in [-0.2, 0) is 11.2 Å². The first-order valence-corrected chi connectivity index (χ1v) is 12.4. The van der Waals surface area contributed by atoms with Crippen molar-refractivity contribution >= 4 is 51.8 Å². The summed E-state index contributed by atoms with van der Waals surface area (Å²) in [6.45, 7) is 1.12. The number of imide groups is 1.